The summed E-state index contributed by atoms with van der Waals surface area (Å²) in [6, 6.07) is 28.1. The number of nitro benzene ring substituents is 1. The predicted molar refractivity (Wildman–Crippen MR) is 282 cm³/mol. The van der Waals surface area contributed by atoms with Gasteiger partial charge in [0, 0.05) is 98.3 Å². The SMILES string of the molecule is CC(C)c1ccccc1C1CN(Cc2cccc3c2OCCO3)CCN1C1CC2(C1)CN(c1ccc(C(=O)NS(=O)(=O)c3ccc(NC[C@H]4CC[C@](C)(O)CC4)c([N+](=O)[O-])c3)c(Oc3cnc4[nH]ccc4c3)c1)C2. The Kier molecular flexibility index (Phi) is 13.3. The van der Waals surface area contributed by atoms with Gasteiger partial charge in [-0.3, -0.25) is 24.7 Å². The van der Waals surface area contributed by atoms with Crippen molar-refractivity contribution in [1.29, 1.82) is 0 Å². The average Bonchev–Trinajstić information content (AvgIpc) is 3.85. The van der Waals surface area contributed by atoms with Crippen LogP contribution in [0.3, 0.4) is 0 Å². The molecule has 1 unspecified atom stereocenters. The maximum atomic E-state index is 14.1. The van der Waals surface area contributed by atoms with E-state index in [1.807, 2.05) is 25.1 Å². The number of nitrogens with one attached hydrogen (secondary N) is 3. The number of rotatable bonds is 15. The van der Waals surface area contributed by atoms with Gasteiger partial charge in [-0.05, 0) is 111 Å². The molecule has 4 aromatic carbocycles. The smallest absolute Gasteiger partial charge is 0.293 e. The maximum Gasteiger partial charge on any atom is 0.293 e. The van der Waals surface area contributed by atoms with Crippen LogP contribution in [0.2, 0.25) is 0 Å². The van der Waals surface area contributed by atoms with Gasteiger partial charge in [-0.2, -0.15) is 0 Å². The summed E-state index contributed by atoms with van der Waals surface area (Å²) in [5.74, 6) is 1.79. The van der Waals surface area contributed by atoms with E-state index in [4.69, 9.17) is 14.2 Å². The molecule has 0 radical (unpaired) electrons. The summed E-state index contributed by atoms with van der Waals surface area (Å²) in [6.07, 6.45) is 8.20. The highest BCUT2D eigenvalue weighted by atomic mass is 32.2. The highest BCUT2D eigenvalue weighted by Crippen LogP contribution is 2.54. The number of para-hydroxylation sites is 1. The fraction of sp³-hybridized carbons (Fsp3) is 0.429. The van der Waals surface area contributed by atoms with Crippen molar-refractivity contribution in [1.82, 2.24) is 24.5 Å². The molecule has 1 amide bonds. The first-order valence-corrected chi connectivity index (χ1v) is 27.3. The van der Waals surface area contributed by atoms with Crippen molar-refractivity contribution in [2.45, 2.75) is 94.3 Å². The van der Waals surface area contributed by atoms with E-state index in [0.717, 1.165) is 99.2 Å². The fourth-order valence-corrected chi connectivity index (χ4v) is 13.0. The van der Waals surface area contributed by atoms with E-state index in [9.17, 15) is 28.4 Å². The Morgan fingerprint density at radius 2 is 1.78 bits per heavy atom. The zero-order valence-corrected chi connectivity index (χ0v) is 42.9. The number of sulfonamides is 1. The monoisotopic (exact) mass is 1020 g/mol. The number of hydrogen-bond donors (Lipinski definition) is 4. The summed E-state index contributed by atoms with van der Waals surface area (Å²) in [5.41, 5.74) is 4.53. The topological polar surface area (TPSA) is 205 Å². The molecule has 6 aromatic rings. The fourth-order valence-electron chi connectivity index (χ4n) is 12.0. The lowest BCUT2D eigenvalue weighted by molar-refractivity contribution is -0.384. The zero-order valence-electron chi connectivity index (χ0n) is 42.1. The van der Waals surface area contributed by atoms with Gasteiger partial charge in [0.05, 0.1) is 27.2 Å². The lowest BCUT2D eigenvalue weighted by Crippen LogP contribution is -2.68. The van der Waals surface area contributed by atoms with E-state index in [0.29, 0.717) is 56.0 Å². The van der Waals surface area contributed by atoms with Gasteiger partial charge >= 0.3 is 0 Å². The van der Waals surface area contributed by atoms with Crippen LogP contribution < -0.4 is 29.1 Å². The Morgan fingerprint density at radius 3 is 2.58 bits per heavy atom. The van der Waals surface area contributed by atoms with Gasteiger partial charge in [-0.15, -0.1) is 0 Å². The van der Waals surface area contributed by atoms with E-state index < -0.39 is 37.0 Å². The number of aromatic amines is 1. The second kappa shape index (κ2) is 19.8. The van der Waals surface area contributed by atoms with E-state index in [2.05, 4.69) is 85.0 Å². The van der Waals surface area contributed by atoms with Crippen LogP contribution in [0.25, 0.3) is 11.0 Å². The molecule has 2 saturated heterocycles. The van der Waals surface area contributed by atoms with Crippen molar-refractivity contribution >= 4 is 44.0 Å². The maximum absolute atomic E-state index is 14.1. The molecule has 2 saturated carbocycles. The molecule has 11 rings (SSSR count). The molecule has 4 N–H and O–H groups in total. The van der Waals surface area contributed by atoms with Crippen LogP contribution in [0.5, 0.6) is 23.0 Å². The third kappa shape index (κ3) is 10.1. The molecular formula is C56H64N8O9S. The van der Waals surface area contributed by atoms with Gasteiger partial charge in [0.25, 0.3) is 21.6 Å². The van der Waals surface area contributed by atoms with Crippen molar-refractivity contribution in [3.63, 3.8) is 0 Å². The summed E-state index contributed by atoms with van der Waals surface area (Å²) in [5, 5.41) is 26.5. The van der Waals surface area contributed by atoms with Crippen molar-refractivity contribution in [3.8, 4) is 23.0 Å². The number of carbonyl (C=O) groups is 1. The molecule has 5 aliphatic rings. The first kappa shape index (κ1) is 49.5. The van der Waals surface area contributed by atoms with Crippen molar-refractivity contribution in [2.24, 2.45) is 11.3 Å². The van der Waals surface area contributed by atoms with Crippen LogP contribution in [0.15, 0.2) is 108 Å². The van der Waals surface area contributed by atoms with Crippen LogP contribution in [0.4, 0.5) is 17.1 Å². The highest BCUT2D eigenvalue weighted by Gasteiger charge is 2.55. The van der Waals surface area contributed by atoms with Gasteiger partial charge in [0.2, 0.25) is 0 Å². The summed E-state index contributed by atoms with van der Waals surface area (Å²) < 4.78 is 48.3. The highest BCUT2D eigenvalue weighted by molar-refractivity contribution is 7.90. The standard InChI is InChI=1S/C56H64N8O9S/c1-36(2)44-8-4-5-9-45(44)49-33-61(32-39-7-6-10-50-52(39)72-24-23-71-50)21-22-63(49)41-28-56(29-41)34-62(35-56)40-11-13-46(51(26-40)73-42-25-38-17-20-57-53(38)59-31-42)54(65)60-74(69,70)43-12-14-47(48(27-43)64(67)68)58-30-37-15-18-55(3,66)19-16-37/h4-14,17,20,25-27,31,36-37,41,49,58,66H,15-16,18-19,21-24,28-30,32-35H2,1-3H3,(H,57,59)(H,60,65)/t37-,49?,55-. The molecule has 74 heavy (non-hydrogen) atoms. The molecule has 1 atom stereocenters. The van der Waals surface area contributed by atoms with Crippen molar-refractivity contribution in [3.05, 3.63) is 136 Å². The molecule has 1 spiro atoms. The van der Waals surface area contributed by atoms with E-state index in [1.165, 1.54) is 29.5 Å². The average molecular weight is 1030 g/mol. The number of aliphatic hydroxyl groups is 1. The van der Waals surface area contributed by atoms with Crippen LogP contribution in [-0.2, 0) is 16.6 Å². The van der Waals surface area contributed by atoms with Gasteiger partial charge in [0.15, 0.2) is 11.5 Å². The Hall–Kier alpha value is -6.73. The normalized spacial score (nSPS) is 22.0. The number of nitro groups is 1. The Morgan fingerprint density at radius 1 is 0.986 bits per heavy atom. The van der Waals surface area contributed by atoms with Gasteiger partial charge in [-0.25, -0.2) is 18.1 Å². The number of hydrogen-bond acceptors (Lipinski definition) is 14. The number of amides is 1. The van der Waals surface area contributed by atoms with E-state index in [-0.39, 0.29) is 34.4 Å². The van der Waals surface area contributed by atoms with Crippen LogP contribution in [0, 0.1) is 21.4 Å². The lowest BCUT2D eigenvalue weighted by Gasteiger charge is -2.63. The summed E-state index contributed by atoms with van der Waals surface area (Å²) in [6.45, 7) is 13.1. The number of fused-ring (bicyclic) bond motifs is 2. The largest absolute Gasteiger partial charge is 0.486 e. The number of H-pyrrole nitrogens is 1. The number of pyridine rings is 1. The van der Waals surface area contributed by atoms with E-state index in [1.54, 1.807) is 24.4 Å². The zero-order chi connectivity index (χ0) is 51.4. The summed E-state index contributed by atoms with van der Waals surface area (Å²) in [4.78, 5) is 40.4. The third-order valence-corrected chi connectivity index (χ3v) is 17.4. The van der Waals surface area contributed by atoms with Crippen LogP contribution in [-0.4, -0.2) is 108 Å². The molecule has 18 heteroatoms. The molecular weight excluding hydrogens is 961 g/mol. The predicted octanol–water partition coefficient (Wildman–Crippen LogP) is 9.16. The molecule has 0 bridgehead atoms. The molecule has 17 nitrogen and oxygen atoms in total. The number of nitrogens with zero attached hydrogens (tertiary/aromatic N) is 5. The van der Waals surface area contributed by atoms with Crippen molar-refractivity contribution < 1.29 is 37.5 Å². The lowest BCUT2D eigenvalue weighted by atomic mass is 9.59. The Bertz CT molecular complexity index is 3190. The number of benzene rings is 4. The van der Waals surface area contributed by atoms with Crippen molar-refractivity contribution in [2.75, 3.05) is 62.7 Å². The van der Waals surface area contributed by atoms with Gasteiger partial charge in [-0.1, -0.05) is 50.2 Å². The Labute approximate surface area is 431 Å². The quantitative estimate of drug-likeness (QED) is 0.0560. The number of piperazine rings is 1. The Balaban J connectivity index is 0.790. The molecule has 4 fully saturated rings. The number of anilines is 2. The molecule has 2 aromatic heterocycles. The minimum atomic E-state index is -4.59. The van der Waals surface area contributed by atoms with Crippen LogP contribution >= 0.6 is 0 Å². The molecule has 3 aliphatic heterocycles. The minimum absolute atomic E-state index is 0.0375. The van der Waals surface area contributed by atoms with E-state index >= 15 is 0 Å². The number of ether oxygens (including phenoxy) is 3. The first-order chi connectivity index (χ1) is 35.6. The molecule has 2 aliphatic carbocycles. The van der Waals surface area contributed by atoms with Gasteiger partial charge in [0.1, 0.15) is 36.0 Å². The summed E-state index contributed by atoms with van der Waals surface area (Å²) >= 11 is 0. The van der Waals surface area contributed by atoms with Gasteiger partial charge < -0.3 is 34.5 Å². The second-order valence-electron chi connectivity index (χ2n) is 21.7. The molecule has 5 heterocycles. The third-order valence-electron chi connectivity index (χ3n) is 16.0. The summed E-state index contributed by atoms with van der Waals surface area (Å²) in [7, 11) is -4.59. The number of carbonyl (C=O) groups excluding carboxylic acids is 1. The second-order valence-corrected chi connectivity index (χ2v) is 23.4. The first-order valence-electron chi connectivity index (χ1n) is 25.9. The number of aromatic nitrogens is 2. The van der Waals surface area contributed by atoms with Crippen LogP contribution in [0.1, 0.15) is 98.3 Å². The minimum Gasteiger partial charge on any atom is -0.486 e. The molecule has 388 valence electrons.